The van der Waals surface area contributed by atoms with Gasteiger partial charge in [0, 0.05) is 4.43 Å². The molecule has 0 amide bonds. The third-order valence-corrected chi connectivity index (χ3v) is 1.94. The molecule has 0 aliphatic rings. The molecule has 0 aliphatic heterocycles. The van der Waals surface area contributed by atoms with E-state index < -0.39 is 0 Å². The van der Waals surface area contributed by atoms with Crippen molar-refractivity contribution in [2.75, 3.05) is 16.4 Å². The van der Waals surface area contributed by atoms with Gasteiger partial charge in [-0.1, -0.05) is 22.6 Å². The van der Waals surface area contributed by atoms with Gasteiger partial charge in [-0.2, -0.15) is 11.8 Å². The molecule has 0 saturated carbocycles. The van der Waals surface area contributed by atoms with E-state index in [0.717, 1.165) is 0 Å². The predicted molar refractivity (Wildman–Crippen MR) is 41.9 cm³/mol. The fourth-order valence-corrected chi connectivity index (χ4v) is 1.53. The minimum Gasteiger partial charge on any atom is -0.165 e. The zero-order chi connectivity index (χ0) is 4.83. The van der Waals surface area contributed by atoms with Gasteiger partial charge < -0.3 is 0 Å². The lowest BCUT2D eigenvalue weighted by Gasteiger charge is -1.85. The first-order chi connectivity index (χ1) is 2.91. The lowest BCUT2D eigenvalue weighted by atomic mass is 10.6. The van der Waals surface area contributed by atoms with Gasteiger partial charge in [0.15, 0.2) is 0 Å². The van der Waals surface area contributed by atoms with Crippen LogP contribution in [0.5, 0.6) is 0 Å². The van der Waals surface area contributed by atoms with E-state index in [-0.39, 0.29) is 0 Å². The summed E-state index contributed by atoms with van der Waals surface area (Å²) in [5.41, 5.74) is 0. The quantitative estimate of drug-likeness (QED) is 0.395. The smallest absolute Gasteiger partial charge is 0.000312 e. The summed E-state index contributed by atoms with van der Waals surface area (Å²) in [6.45, 7) is 0. The highest BCUT2D eigenvalue weighted by Gasteiger charge is 1.76. The van der Waals surface area contributed by atoms with E-state index in [9.17, 15) is 0 Å². The van der Waals surface area contributed by atoms with Crippen LogP contribution in [0.4, 0.5) is 0 Å². The molecule has 0 aromatic heterocycles. The Hall–Kier alpha value is 1.08. The first-order valence-corrected chi connectivity index (χ1v) is 4.88. The molecule has 2 heteroatoms. The average molecular weight is 216 g/mol. The topological polar surface area (TPSA) is 0 Å². The molecular formula is C4H9IS. The van der Waals surface area contributed by atoms with Crippen molar-refractivity contribution in [2.45, 2.75) is 6.42 Å². The van der Waals surface area contributed by atoms with Crippen molar-refractivity contribution in [3.8, 4) is 0 Å². The lowest BCUT2D eigenvalue weighted by Crippen LogP contribution is -1.75. The van der Waals surface area contributed by atoms with E-state index in [1.165, 1.54) is 16.6 Å². The summed E-state index contributed by atoms with van der Waals surface area (Å²) in [6.07, 6.45) is 3.51. The van der Waals surface area contributed by atoms with Crippen LogP contribution in [0, 0.1) is 0 Å². The second-order valence-electron chi connectivity index (χ2n) is 1.04. The van der Waals surface area contributed by atoms with Crippen molar-refractivity contribution in [1.82, 2.24) is 0 Å². The number of rotatable bonds is 3. The summed E-state index contributed by atoms with van der Waals surface area (Å²) in [5, 5.41) is 0. The Morgan fingerprint density at radius 2 is 2.33 bits per heavy atom. The molecule has 0 heterocycles. The molecule has 0 radical (unpaired) electrons. The maximum Gasteiger partial charge on any atom is 0.000312 e. The molecule has 0 spiro atoms. The highest BCUT2D eigenvalue weighted by atomic mass is 127. The summed E-state index contributed by atoms with van der Waals surface area (Å²) in [7, 11) is 0. The maximum absolute atomic E-state index is 2.40. The molecule has 0 unspecified atom stereocenters. The van der Waals surface area contributed by atoms with Crippen LogP contribution < -0.4 is 0 Å². The van der Waals surface area contributed by atoms with E-state index in [4.69, 9.17) is 0 Å². The largest absolute Gasteiger partial charge is 0.165 e. The van der Waals surface area contributed by atoms with Crippen LogP contribution in [-0.2, 0) is 0 Å². The average Bonchev–Trinajstić information content (AvgIpc) is 1.61. The van der Waals surface area contributed by atoms with Crippen LogP contribution in [0.3, 0.4) is 0 Å². The van der Waals surface area contributed by atoms with Gasteiger partial charge in [-0.15, -0.1) is 0 Å². The molecular weight excluding hydrogens is 207 g/mol. The van der Waals surface area contributed by atoms with Crippen molar-refractivity contribution in [1.29, 1.82) is 0 Å². The SMILES string of the molecule is CSCCCI. The fourth-order valence-electron chi connectivity index (χ4n) is 0.199. The molecule has 0 fully saturated rings. The fraction of sp³-hybridized carbons (Fsp3) is 1.00. The molecule has 0 aliphatic carbocycles. The van der Waals surface area contributed by atoms with Crippen molar-refractivity contribution < 1.29 is 0 Å². The Kier molecular flexibility index (Phi) is 7.17. The van der Waals surface area contributed by atoms with Crippen LogP contribution >= 0.6 is 34.4 Å². The third kappa shape index (κ3) is 5.08. The monoisotopic (exact) mass is 216 g/mol. The molecule has 6 heavy (non-hydrogen) atoms. The second kappa shape index (κ2) is 6.08. The molecule has 0 aromatic carbocycles. The van der Waals surface area contributed by atoms with Crippen LogP contribution in [-0.4, -0.2) is 16.4 Å². The van der Waals surface area contributed by atoms with Crippen LogP contribution in [0.25, 0.3) is 0 Å². The van der Waals surface area contributed by atoms with Gasteiger partial charge in [-0.25, -0.2) is 0 Å². The minimum atomic E-state index is 1.30. The highest BCUT2D eigenvalue weighted by Crippen LogP contribution is 1.96. The van der Waals surface area contributed by atoms with Gasteiger partial charge in [0.1, 0.15) is 0 Å². The third-order valence-electron chi connectivity index (χ3n) is 0.482. The van der Waals surface area contributed by atoms with Crippen LogP contribution in [0.15, 0.2) is 0 Å². The minimum absolute atomic E-state index is 1.30. The van der Waals surface area contributed by atoms with Gasteiger partial charge >= 0.3 is 0 Å². The van der Waals surface area contributed by atoms with E-state index in [1.54, 1.807) is 0 Å². The zero-order valence-corrected chi connectivity index (χ0v) is 6.88. The zero-order valence-electron chi connectivity index (χ0n) is 3.91. The molecule has 0 aromatic rings. The van der Waals surface area contributed by atoms with Gasteiger partial charge in [-0.3, -0.25) is 0 Å². The van der Waals surface area contributed by atoms with E-state index in [1.807, 2.05) is 11.8 Å². The standard InChI is InChI=1S/C4H9IS/c1-6-4-2-3-5/h2-4H2,1H3. The Balaban J connectivity index is 2.34. The molecule has 0 N–H and O–H groups in total. The Labute approximate surface area is 57.2 Å². The number of halogens is 1. The second-order valence-corrected chi connectivity index (χ2v) is 3.10. The summed E-state index contributed by atoms with van der Waals surface area (Å²) < 4.78 is 1.30. The molecule has 0 atom stereocenters. The summed E-state index contributed by atoms with van der Waals surface area (Å²) in [6, 6.07) is 0. The van der Waals surface area contributed by atoms with Gasteiger partial charge in [-0.05, 0) is 18.4 Å². The van der Waals surface area contributed by atoms with E-state index >= 15 is 0 Å². The Morgan fingerprint density at radius 3 is 2.50 bits per heavy atom. The van der Waals surface area contributed by atoms with Crippen LogP contribution in [0.2, 0.25) is 0 Å². The molecule has 38 valence electrons. The van der Waals surface area contributed by atoms with Gasteiger partial charge in [0.2, 0.25) is 0 Å². The number of hydrogen-bond donors (Lipinski definition) is 0. The molecule has 0 nitrogen and oxygen atoms in total. The summed E-state index contributed by atoms with van der Waals surface area (Å²) in [4.78, 5) is 0. The predicted octanol–water partition coefficient (Wildman–Crippen LogP) is 2.17. The number of alkyl halides is 1. The Morgan fingerprint density at radius 1 is 1.67 bits per heavy atom. The molecule has 0 saturated heterocycles. The normalized spacial score (nSPS) is 9.00. The lowest BCUT2D eigenvalue weighted by molar-refractivity contribution is 1.15. The van der Waals surface area contributed by atoms with Gasteiger partial charge in [0.25, 0.3) is 0 Å². The van der Waals surface area contributed by atoms with Crippen molar-refractivity contribution in [2.24, 2.45) is 0 Å². The summed E-state index contributed by atoms with van der Waals surface area (Å²) >= 11 is 4.32. The molecule has 0 rings (SSSR count). The molecule has 0 bridgehead atoms. The number of thioether (sulfide) groups is 1. The highest BCUT2D eigenvalue weighted by molar-refractivity contribution is 14.1. The van der Waals surface area contributed by atoms with E-state index in [0.29, 0.717) is 0 Å². The first-order valence-electron chi connectivity index (χ1n) is 1.96. The van der Waals surface area contributed by atoms with Crippen LogP contribution in [0.1, 0.15) is 6.42 Å². The van der Waals surface area contributed by atoms with Crippen molar-refractivity contribution in [3.63, 3.8) is 0 Å². The maximum atomic E-state index is 2.40. The van der Waals surface area contributed by atoms with E-state index in [2.05, 4.69) is 28.8 Å². The number of hydrogen-bond acceptors (Lipinski definition) is 1. The van der Waals surface area contributed by atoms with Gasteiger partial charge in [0.05, 0.1) is 0 Å². The van der Waals surface area contributed by atoms with Crippen molar-refractivity contribution >= 4 is 34.4 Å². The first kappa shape index (κ1) is 7.08. The summed E-state index contributed by atoms with van der Waals surface area (Å²) in [5.74, 6) is 1.32. The Bertz CT molecular complexity index is 19.5. The van der Waals surface area contributed by atoms with Crippen molar-refractivity contribution in [3.05, 3.63) is 0 Å².